The normalized spacial score (nSPS) is 11.0. The molecule has 0 spiro atoms. The van der Waals surface area contributed by atoms with Gasteiger partial charge in [0.05, 0.1) is 5.69 Å². The number of nitrogen functional groups attached to an aromatic ring is 1. The molecular formula is C7H11F2N3. The molecule has 1 rings (SSSR count). The number of hydrogen-bond donors (Lipinski definition) is 1. The minimum Gasteiger partial charge on any atom is -0.384 e. The third-order valence-electron chi connectivity index (χ3n) is 1.49. The van der Waals surface area contributed by atoms with E-state index in [9.17, 15) is 8.78 Å². The van der Waals surface area contributed by atoms with E-state index in [0.29, 0.717) is 5.82 Å². The summed E-state index contributed by atoms with van der Waals surface area (Å²) in [4.78, 5) is 0. The number of aryl methyl sites for hydroxylation is 2. The van der Waals surface area contributed by atoms with Crippen molar-refractivity contribution < 1.29 is 8.78 Å². The summed E-state index contributed by atoms with van der Waals surface area (Å²) in [6.07, 6.45) is -2.50. The van der Waals surface area contributed by atoms with Gasteiger partial charge >= 0.3 is 0 Å². The van der Waals surface area contributed by atoms with Crippen molar-refractivity contribution in [1.29, 1.82) is 0 Å². The van der Waals surface area contributed by atoms with Gasteiger partial charge in [0, 0.05) is 19.0 Å². The molecule has 1 aromatic rings. The summed E-state index contributed by atoms with van der Waals surface area (Å²) in [7, 11) is 0. The Morgan fingerprint density at radius 3 is 2.75 bits per heavy atom. The molecule has 2 N–H and O–H groups in total. The summed E-state index contributed by atoms with van der Waals surface area (Å²) in [5.74, 6) is 0.438. The summed E-state index contributed by atoms with van der Waals surface area (Å²) in [5, 5.41) is 3.94. The van der Waals surface area contributed by atoms with Gasteiger partial charge in [-0.25, -0.2) is 13.5 Å². The second kappa shape index (κ2) is 3.51. The molecule has 0 atom stereocenters. The van der Waals surface area contributed by atoms with E-state index >= 15 is 0 Å². The average Bonchev–Trinajstić information content (AvgIpc) is 2.26. The van der Waals surface area contributed by atoms with Crippen molar-refractivity contribution in [3.63, 3.8) is 0 Å². The standard InChI is InChI=1S/C7H11F2N3/c1-5-4-7(10)12(11-5)3-2-6(8)9/h4,6H,2-3,10H2,1H3. The SMILES string of the molecule is Cc1cc(N)n(CCC(F)F)n1. The van der Waals surface area contributed by atoms with Gasteiger partial charge in [0.2, 0.25) is 6.43 Å². The van der Waals surface area contributed by atoms with Gasteiger partial charge in [0.25, 0.3) is 0 Å². The lowest BCUT2D eigenvalue weighted by Crippen LogP contribution is -2.07. The maximum absolute atomic E-state index is 11.8. The van der Waals surface area contributed by atoms with E-state index in [1.165, 1.54) is 4.68 Å². The van der Waals surface area contributed by atoms with Crippen molar-refractivity contribution in [2.45, 2.75) is 26.3 Å². The van der Waals surface area contributed by atoms with Gasteiger partial charge in [0.15, 0.2) is 0 Å². The molecule has 0 aromatic carbocycles. The highest BCUT2D eigenvalue weighted by atomic mass is 19.3. The van der Waals surface area contributed by atoms with Crippen LogP contribution in [-0.2, 0) is 6.54 Å². The zero-order chi connectivity index (χ0) is 9.14. The van der Waals surface area contributed by atoms with Crippen LogP contribution in [-0.4, -0.2) is 16.2 Å². The summed E-state index contributed by atoms with van der Waals surface area (Å²) in [6.45, 7) is 1.95. The Kier molecular flexibility index (Phi) is 2.62. The third kappa shape index (κ3) is 2.18. The molecule has 5 heteroatoms. The van der Waals surface area contributed by atoms with Crippen LogP contribution in [0.2, 0.25) is 0 Å². The lowest BCUT2D eigenvalue weighted by molar-refractivity contribution is 0.130. The van der Waals surface area contributed by atoms with Crippen molar-refractivity contribution in [3.05, 3.63) is 11.8 Å². The number of nitrogens with zero attached hydrogens (tertiary/aromatic N) is 2. The Hall–Kier alpha value is -1.13. The van der Waals surface area contributed by atoms with Crippen LogP contribution in [0.3, 0.4) is 0 Å². The van der Waals surface area contributed by atoms with E-state index < -0.39 is 6.43 Å². The summed E-state index contributed by atoms with van der Waals surface area (Å²) < 4.78 is 24.9. The predicted octanol–water partition coefficient (Wildman–Crippen LogP) is 1.43. The smallest absolute Gasteiger partial charge is 0.240 e. The predicted molar refractivity (Wildman–Crippen MR) is 42.0 cm³/mol. The van der Waals surface area contributed by atoms with Crippen LogP contribution in [0.15, 0.2) is 6.07 Å². The number of halogens is 2. The Morgan fingerprint density at radius 1 is 1.67 bits per heavy atom. The first-order valence-corrected chi connectivity index (χ1v) is 3.67. The molecule has 68 valence electrons. The summed E-state index contributed by atoms with van der Waals surface area (Å²) >= 11 is 0. The molecule has 0 aliphatic carbocycles. The fourth-order valence-electron chi connectivity index (χ4n) is 0.965. The van der Waals surface area contributed by atoms with Crippen LogP contribution in [0.4, 0.5) is 14.6 Å². The fraction of sp³-hybridized carbons (Fsp3) is 0.571. The molecule has 0 saturated carbocycles. The maximum Gasteiger partial charge on any atom is 0.240 e. The topological polar surface area (TPSA) is 43.8 Å². The molecule has 0 radical (unpaired) electrons. The first-order chi connectivity index (χ1) is 5.59. The molecule has 0 unspecified atom stereocenters. The second-order valence-electron chi connectivity index (χ2n) is 2.61. The molecule has 0 aliphatic rings. The lowest BCUT2D eigenvalue weighted by Gasteiger charge is -2.02. The van der Waals surface area contributed by atoms with Gasteiger partial charge in [-0.3, -0.25) is 0 Å². The van der Waals surface area contributed by atoms with Crippen LogP contribution < -0.4 is 5.73 Å². The monoisotopic (exact) mass is 175 g/mol. The Morgan fingerprint density at radius 2 is 2.33 bits per heavy atom. The molecule has 0 amide bonds. The number of anilines is 1. The molecule has 3 nitrogen and oxygen atoms in total. The van der Waals surface area contributed by atoms with Crippen LogP contribution in [0.5, 0.6) is 0 Å². The zero-order valence-electron chi connectivity index (χ0n) is 6.80. The van der Waals surface area contributed by atoms with Crippen molar-refractivity contribution in [3.8, 4) is 0 Å². The maximum atomic E-state index is 11.8. The number of alkyl halides is 2. The van der Waals surface area contributed by atoms with Gasteiger partial charge < -0.3 is 5.73 Å². The number of rotatable bonds is 3. The quantitative estimate of drug-likeness (QED) is 0.755. The highest BCUT2D eigenvalue weighted by molar-refractivity contribution is 5.29. The van der Waals surface area contributed by atoms with Crippen LogP contribution in [0, 0.1) is 6.92 Å². The molecule has 0 fully saturated rings. The summed E-state index contributed by atoms with van der Waals surface area (Å²) in [6, 6.07) is 1.66. The number of aromatic nitrogens is 2. The van der Waals surface area contributed by atoms with E-state index in [0.717, 1.165) is 5.69 Å². The van der Waals surface area contributed by atoms with Gasteiger partial charge in [-0.05, 0) is 6.92 Å². The van der Waals surface area contributed by atoms with E-state index in [1.54, 1.807) is 13.0 Å². The van der Waals surface area contributed by atoms with E-state index in [1.807, 2.05) is 0 Å². The van der Waals surface area contributed by atoms with Crippen molar-refractivity contribution in [2.24, 2.45) is 0 Å². The highest BCUT2D eigenvalue weighted by Gasteiger charge is 2.05. The van der Waals surface area contributed by atoms with E-state index in [-0.39, 0.29) is 13.0 Å². The van der Waals surface area contributed by atoms with Gasteiger partial charge in [-0.15, -0.1) is 0 Å². The van der Waals surface area contributed by atoms with E-state index in [4.69, 9.17) is 5.73 Å². The highest BCUT2D eigenvalue weighted by Crippen LogP contribution is 2.08. The van der Waals surface area contributed by atoms with Crippen molar-refractivity contribution in [2.75, 3.05) is 5.73 Å². The number of nitrogens with two attached hydrogens (primary N) is 1. The second-order valence-corrected chi connectivity index (χ2v) is 2.61. The van der Waals surface area contributed by atoms with Gasteiger partial charge in [-0.1, -0.05) is 0 Å². The summed E-state index contributed by atoms with van der Waals surface area (Å²) in [5.41, 5.74) is 6.23. The molecule has 12 heavy (non-hydrogen) atoms. The molecule has 0 aliphatic heterocycles. The van der Waals surface area contributed by atoms with Crippen molar-refractivity contribution in [1.82, 2.24) is 9.78 Å². The van der Waals surface area contributed by atoms with Crippen molar-refractivity contribution >= 4 is 5.82 Å². The van der Waals surface area contributed by atoms with Gasteiger partial charge in [-0.2, -0.15) is 5.10 Å². The third-order valence-corrected chi connectivity index (χ3v) is 1.49. The Bertz CT molecular complexity index is 257. The minimum absolute atomic E-state index is 0.178. The Labute approximate surface area is 69.2 Å². The molecule has 1 aromatic heterocycles. The largest absolute Gasteiger partial charge is 0.384 e. The van der Waals surface area contributed by atoms with Crippen LogP contribution in [0.25, 0.3) is 0 Å². The van der Waals surface area contributed by atoms with E-state index in [2.05, 4.69) is 5.10 Å². The Balaban J connectivity index is 2.57. The van der Waals surface area contributed by atoms with Crippen LogP contribution >= 0.6 is 0 Å². The molecule has 0 bridgehead atoms. The first kappa shape index (κ1) is 8.96. The minimum atomic E-state index is -2.30. The number of hydrogen-bond acceptors (Lipinski definition) is 2. The molecule has 1 heterocycles. The molecule has 0 saturated heterocycles. The lowest BCUT2D eigenvalue weighted by atomic mass is 10.4. The van der Waals surface area contributed by atoms with Crippen LogP contribution in [0.1, 0.15) is 12.1 Å². The average molecular weight is 175 g/mol. The molecular weight excluding hydrogens is 164 g/mol. The fourth-order valence-corrected chi connectivity index (χ4v) is 0.965. The zero-order valence-corrected chi connectivity index (χ0v) is 6.80. The first-order valence-electron chi connectivity index (χ1n) is 3.67. The van der Waals surface area contributed by atoms with Gasteiger partial charge in [0.1, 0.15) is 5.82 Å².